The van der Waals surface area contributed by atoms with E-state index in [2.05, 4.69) is 15.3 Å². The van der Waals surface area contributed by atoms with Crippen molar-refractivity contribution in [2.75, 3.05) is 20.2 Å². The average molecular weight is 366 g/mol. The topological polar surface area (TPSA) is 94.5 Å². The predicted octanol–water partition coefficient (Wildman–Crippen LogP) is 2.85. The number of nitrogens with zero attached hydrogens (tertiary/aromatic N) is 4. The SMILES string of the molecule is COc1ccccc1-c1noc(C2CN(C(=O)c3cc(C4CC4)on3)C2)n1. The van der Waals surface area contributed by atoms with Gasteiger partial charge in [-0.15, -0.1) is 0 Å². The number of carbonyl (C=O) groups is 1. The summed E-state index contributed by atoms with van der Waals surface area (Å²) in [5.41, 5.74) is 1.15. The van der Waals surface area contributed by atoms with Gasteiger partial charge in [-0.2, -0.15) is 4.98 Å². The highest BCUT2D eigenvalue weighted by Gasteiger charge is 2.38. The molecule has 138 valence electrons. The molecule has 3 aromatic rings. The van der Waals surface area contributed by atoms with Crippen LogP contribution in [0.5, 0.6) is 5.75 Å². The van der Waals surface area contributed by atoms with Crippen molar-refractivity contribution in [2.45, 2.75) is 24.7 Å². The molecule has 0 N–H and O–H groups in total. The fraction of sp³-hybridized carbons (Fsp3) is 0.368. The lowest BCUT2D eigenvalue weighted by atomic mass is 9.99. The lowest BCUT2D eigenvalue weighted by molar-refractivity contribution is 0.0558. The second kappa shape index (κ2) is 6.22. The maximum Gasteiger partial charge on any atom is 0.276 e. The highest BCUT2D eigenvalue weighted by atomic mass is 16.5. The van der Waals surface area contributed by atoms with Crippen LogP contribution in [0.1, 0.15) is 46.8 Å². The molecule has 2 fully saturated rings. The fourth-order valence-electron chi connectivity index (χ4n) is 3.25. The molecule has 8 heteroatoms. The molecule has 2 aromatic heterocycles. The minimum atomic E-state index is -0.119. The second-order valence-corrected chi connectivity index (χ2v) is 6.95. The quantitative estimate of drug-likeness (QED) is 0.685. The molecule has 1 aliphatic heterocycles. The third-order valence-corrected chi connectivity index (χ3v) is 5.03. The van der Waals surface area contributed by atoms with Gasteiger partial charge in [0.1, 0.15) is 11.5 Å². The Kier molecular flexibility index (Phi) is 3.70. The molecule has 8 nitrogen and oxygen atoms in total. The molecule has 3 heterocycles. The molecule has 0 spiro atoms. The number of benzene rings is 1. The van der Waals surface area contributed by atoms with Gasteiger partial charge in [-0.1, -0.05) is 22.4 Å². The van der Waals surface area contributed by atoms with Crippen LogP contribution >= 0.6 is 0 Å². The molecule has 1 amide bonds. The van der Waals surface area contributed by atoms with Gasteiger partial charge in [0.25, 0.3) is 5.91 Å². The van der Waals surface area contributed by atoms with Crippen molar-refractivity contribution in [3.63, 3.8) is 0 Å². The summed E-state index contributed by atoms with van der Waals surface area (Å²) < 4.78 is 16.0. The number of rotatable bonds is 5. The van der Waals surface area contributed by atoms with Crippen molar-refractivity contribution in [3.05, 3.63) is 47.7 Å². The van der Waals surface area contributed by atoms with Crippen molar-refractivity contribution < 1.29 is 18.6 Å². The molecule has 27 heavy (non-hydrogen) atoms. The fourth-order valence-corrected chi connectivity index (χ4v) is 3.25. The van der Waals surface area contributed by atoms with E-state index >= 15 is 0 Å². The number of para-hydroxylation sites is 1. The zero-order valence-corrected chi connectivity index (χ0v) is 14.8. The highest BCUT2D eigenvalue weighted by molar-refractivity contribution is 5.93. The predicted molar refractivity (Wildman–Crippen MR) is 93.4 cm³/mol. The number of hydrogen-bond donors (Lipinski definition) is 0. The highest BCUT2D eigenvalue weighted by Crippen LogP contribution is 2.40. The smallest absolute Gasteiger partial charge is 0.276 e. The minimum Gasteiger partial charge on any atom is -0.496 e. The zero-order chi connectivity index (χ0) is 18.4. The van der Waals surface area contributed by atoms with Crippen LogP contribution in [0.2, 0.25) is 0 Å². The number of ether oxygens (including phenoxy) is 1. The van der Waals surface area contributed by atoms with Crippen LogP contribution in [0, 0.1) is 0 Å². The number of likely N-dealkylation sites (tertiary alicyclic amines) is 1. The summed E-state index contributed by atoms with van der Waals surface area (Å²) in [5, 5.41) is 7.97. The largest absolute Gasteiger partial charge is 0.496 e. The van der Waals surface area contributed by atoms with Crippen molar-refractivity contribution in [3.8, 4) is 17.1 Å². The first kappa shape index (κ1) is 16.0. The summed E-state index contributed by atoms with van der Waals surface area (Å²) in [6.07, 6.45) is 2.22. The molecule has 1 saturated carbocycles. The van der Waals surface area contributed by atoms with Gasteiger partial charge in [0.2, 0.25) is 11.7 Å². The third kappa shape index (κ3) is 2.87. The monoisotopic (exact) mass is 366 g/mol. The average Bonchev–Trinajstić information content (AvgIpc) is 3.19. The van der Waals surface area contributed by atoms with Gasteiger partial charge in [0.15, 0.2) is 5.69 Å². The Morgan fingerprint density at radius 1 is 1.15 bits per heavy atom. The van der Waals surface area contributed by atoms with E-state index in [-0.39, 0.29) is 11.8 Å². The molecule has 0 atom stereocenters. The minimum absolute atomic E-state index is 0.0275. The molecular weight excluding hydrogens is 348 g/mol. The van der Waals surface area contributed by atoms with Crippen LogP contribution in [0.3, 0.4) is 0 Å². The van der Waals surface area contributed by atoms with Gasteiger partial charge in [-0.25, -0.2) is 0 Å². The van der Waals surface area contributed by atoms with E-state index in [4.69, 9.17) is 13.8 Å². The third-order valence-electron chi connectivity index (χ3n) is 5.03. The summed E-state index contributed by atoms with van der Waals surface area (Å²) >= 11 is 0. The van der Waals surface area contributed by atoms with Gasteiger partial charge < -0.3 is 18.7 Å². The number of amides is 1. The van der Waals surface area contributed by atoms with Gasteiger partial charge in [-0.05, 0) is 25.0 Å². The normalized spacial score (nSPS) is 17.0. The first-order valence-electron chi connectivity index (χ1n) is 8.96. The zero-order valence-electron chi connectivity index (χ0n) is 14.8. The van der Waals surface area contributed by atoms with E-state index in [0.29, 0.717) is 42.2 Å². The molecule has 1 aliphatic carbocycles. The Labute approximate surface area is 155 Å². The molecule has 0 bridgehead atoms. The number of carbonyl (C=O) groups excluding carboxylic acids is 1. The Morgan fingerprint density at radius 3 is 2.74 bits per heavy atom. The van der Waals surface area contributed by atoms with E-state index in [1.165, 1.54) is 0 Å². The number of hydrogen-bond acceptors (Lipinski definition) is 7. The van der Waals surface area contributed by atoms with Crippen molar-refractivity contribution in [2.24, 2.45) is 0 Å². The Bertz CT molecular complexity index is 985. The molecule has 2 aliphatic rings. The van der Waals surface area contributed by atoms with Crippen molar-refractivity contribution >= 4 is 5.91 Å². The van der Waals surface area contributed by atoms with E-state index in [9.17, 15) is 4.79 Å². The van der Waals surface area contributed by atoms with E-state index in [1.54, 1.807) is 18.1 Å². The Hall–Kier alpha value is -3.16. The van der Waals surface area contributed by atoms with Crippen LogP contribution in [0.25, 0.3) is 11.4 Å². The second-order valence-electron chi connectivity index (χ2n) is 6.95. The molecule has 0 unspecified atom stereocenters. The van der Waals surface area contributed by atoms with E-state index in [1.807, 2.05) is 24.3 Å². The lowest BCUT2D eigenvalue weighted by Gasteiger charge is -2.36. The molecule has 5 rings (SSSR count). The van der Waals surface area contributed by atoms with Gasteiger partial charge in [0, 0.05) is 25.1 Å². The first-order chi connectivity index (χ1) is 13.2. The van der Waals surface area contributed by atoms with Crippen molar-refractivity contribution in [1.82, 2.24) is 20.2 Å². The summed E-state index contributed by atoms with van der Waals surface area (Å²) in [6.45, 7) is 1.05. The standard InChI is InChI=1S/C19H18N4O4/c1-25-15-5-3-2-4-13(15)17-20-18(27-22-17)12-9-23(10-12)19(24)14-8-16(26-21-14)11-6-7-11/h2-5,8,11-12H,6-7,9-10H2,1H3. The molecular formula is C19H18N4O4. The Morgan fingerprint density at radius 2 is 1.96 bits per heavy atom. The van der Waals surface area contributed by atoms with Gasteiger partial charge >= 0.3 is 0 Å². The summed E-state index contributed by atoms with van der Waals surface area (Å²) in [7, 11) is 1.60. The van der Waals surface area contributed by atoms with Crippen LogP contribution < -0.4 is 4.74 Å². The first-order valence-corrected chi connectivity index (χ1v) is 8.96. The van der Waals surface area contributed by atoms with Crippen LogP contribution in [0.4, 0.5) is 0 Å². The summed E-state index contributed by atoms with van der Waals surface area (Å²) in [6, 6.07) is 9.28. The molecule has 1 saturated heterocycles. The molecule has 0 radical (unpaired) electrons. The van der Waals surface area contributed by atoms with Crippen molar-refractivity contribution in [1.29, 1.82) is 0 Å². The Balaban J connectivity index is 1.25. The lowest BCUT2D eigenvalue weighted by Crippen LogP contribution is -2.48. The van der Waals surface area contributed by atoms with Gasteiger partial charge in [-0.3, -0.25) is 4.79 Å². The van der Waals surface area contributed by atoms with Crippen LogP contribution in [-0.2, 0) is 0 Å². The maximum absolute atomic E-state index is 12.5. The van der Waals surface area contributed by atoms with Crippen LogP contribution in [0.15, 0.2) is 39.4 Å². The summed E-state index contributed by atoms with van der Waals surface area (Å²) in [5.74, 6) is 2.86. The number of aromatic nitrogens is 3. The maximum atomic E-state index is 12.5. The molecule has 1 aromatic carbocycles. The number of methoxy groups -OCH3 is 1. The van der Waals surface area contributed by atoms with Gasteiger partial charge in [0.05, 0.1) is 18.6 Å². The van der Waals surface area contributed by atoms with E-state index in [0.717, 1.165) is 24.2 Å². The van der Waals surface area contributed by atoms with E-state index < -0.39 is 0 Å². The summed E-state index contributed by atoms with van der Waals surface area (Å²) in [4.78, 5) is 18.7. The van der Waals surface area contributed by atoms with Crippen LogP contribution in [-0.4, -0.2) is 46.3 Å².